The van der Waals surface area contributed by atoms with Gasteiger partial charge in [0.1, 0.15) is 0 Å². The summed E-state index contributed by atoms with van der Waals surface area (Å²) in [5.74, 6) is 0.767. The van der Waals surface area contributed by atoms with Crippen molar-refractivity contribution in [2.75, 3.05) is 5.88 Å². The van der Waals surface area contributed by atoms with E-state index in [1.807, 2.05) is 0 Å². The van der Waals surface area contributed by atoms with Crippen molar-refractivity contribution in [3.63, 3.8) is 0 Å². The third kappa shape index (κ3) is 4.44. The zero-order valence-corrected chi connectivity index (χ0v) is 8.48. The van der Waals surface area contributed by atoms with Crippen molar-refractivity contribution in [3.8, 4) is 0 Å². The van der Waals surface area contributed by atoms with Crippen molar-refractivity contribution in [2.24, 2.45) is 5.92 Å². The number of hydrogen-bond acceptors (Lipinski definition) is 1. The second-order valence-corrected chi connectivity index (χ2v) is 4.00. The van der Waals surface area contributed by atoms with Crippen LogP contribution in [-0.2, 0) is 24.0 Å². The molecule has 0 bridgehead atoms. The maximum atomic E-state index is 10.9. The van der Waals surface area contributed by atoms with Crippen molar-refractivity contribution >= 4 is 17.4 Å². The molecule has 3 heteroatoms. The minimum absolute atomic E-state index is 0.0134. The molecule has 0 aliphatic rings. The van der Waals surface area contributed by atoms with Crippen LogP contribution in [0.25, 0.3) is 0 Å². The van der Waals surface area contributed by atoms with Crippen molar-refractivity contribution in [1.82, 2.24) is 0 Å². The van der Waals surface area contributed by atoms with Crippen LogP contribution in [0, 0.1) is 5.92 Å². The van der Waals surface area contributed by atoms with Gasteiger partial charge in [-0.15, -0.1) is 0 Å². The van der Waals surface area contributed by atoms with Crippen LogP contribution in [0.2, 0.25) is 4.39 Å². The SMILES string of the molecule is CC(C)C[CH]([Pd])C(=O)CCl. The van der Waals surface area contributed by atoms with Crippen molar-refractivity contribution in [2.45, 2.75) is 24.7 Å². The van der Waals surface area contributed by atoms with Gasteiger partial charge in [0.15, 0.2) is 0 Å². The van der Waals surface area contributed by atoms with Crippen LogP contribution < -0.4 is 0 Å². The normalized spacial score (nSPS) is 13.8. The summed E-state index contributed by atoms with van der Waals surface area (Å²) in [5.41, 5.74) is 0. The first-order chi connectivity index (χ1) is 4.57. The van der Waals surface area contributed by atoms with Crippen LogP contribution in [0.3, 0.4) is 0 Å². The van der Waals surface area contributed by atoms with Gasteiger partial charge in [0.25, 0.3) is 0 Å². The number of hydrogen-bond donors (Lipinski definition) is 0. The molecule has 0 saturated carbocycles. The molecule has 0 amide bonds. The predicted octanol–water partition coefficient (Wildman–Crippen LogP) is 2.18. The van der Waals surface area contributed by atoms with Gasteiger partial charge in [0, 0.05) is 0 Å². The molecule has 0 fully saturated rings. The number of alkyl halides is 1. The van der Waals surface area contributed by atoms with Crippen LogP contribution in [0.1, 0.15) is 20.3 Å². The Morgan fingerprint density at radius 1 is 1.60 bits per heavy atom. The summed E-state index contributed by atoms with van der Waals surface area (Å²) in [6.45, 7) is 4.17. The Labute approximate surface area is 77.9 Å². The number of ketones is 1. The Hall–Kier alpha value is 0.622. The fourth-order valence-corrected chi connectivity index (χ4v) is 1.85. The van der Waals surface area contributed by atoms with Crippen molar-refractivity contribution in [3.05, 3.63) is 0 Å². The molecule has 0 aromatic rings. The van der Waals surface area contributed by atoms with Gasteiger partial charge >= 0.3 is 77.8 Å². The van der Waals surface area contributed by atoms with Crippen LogP contribution in [0.5, 0.6) is 0 Å². The zero-order valence-electron chi connectivity index (χ0n) is 6.17. The van der Waals surface area contributed by atoms with E-state index < -0.39 is 0 Å². The van der Waals surface area contributed by atoms with Gasteiger partial charge in [0.2, 0.25) is 0 Å². The molecule has 0 spiro atoms. The summed E-state index contributed by atoms with van der Waals surface area (Å²) in [6.07, 6.45) is 0.883. The van der Waals surface area contributed by atoms with E-state index in [9.17, 15) is 4.79 Å². The van der Waals surface area contributed by atoms with Gasteiger partial charge in [-0.1, -0.05) is 0 Å². The van der Waals surface area contributed by atoms with Gasteiger partial charge in [-0.2, -0.15) is 0 Å². The molecule has 10 heavy (non-hydrogen) atoms. The quantitative estimate of drug-likeness (QED) is 0.555. The summed E-state index contributed by atoms with van der Waals surface area (Å²) >= 11 is 8.36. The van der Waals surface area contributed by atoms with E-state index in [1.165, 1.54) is 0 Å². The summed E-state index contributed by atoms with van der Waals surface area (Å²) in [7, 11) is 0. The van der Waals surface area contributed by atoms with E-state index in [2.05, 4.69) is 33.0 Å². The molecule has 1 unspecified atom stereocenters. The molecule has 0 heterocycles. The van der Waals surface area contributed by atoms with Crippen LogP contribution in [0.15, 0.2) is 0 Å². The van der Waals surface area contributed by atoms with Gasteiger partial charge < -0.3 is 0 Å². The van der Waals surface area contributed by atoms with Crippen molar-refractivity contribution in [1.29, 1.82) is 0 Å². The first-order valence-electron chi connectivity index (χ1n) is 3.27. The van der Waals surface area contributed by atoms with Gasteiger partial charge in [-0.3, -0.25) is 0 Å². The summed E-state index contributed by atoms with van der Waals surface area (Å²) in [5, 5.41) is 0. The van der Waals surface area contributed by atoms with E-state index in [0.29, 0.717) is 5.92 Å². The average Bonchev–Trinajstić information content (AvgIpc) is 1.85. The topological polar surface area (TPSA) is 17.1 Å². The number of carbonyl (C=O) groups excluding carboxylic acids is 1. The fraction of sp³-hybridized carbons (Fsp3) is 0.857. The molecular weight excluding hydrogens is 242 g/mol. The standard InChI is InChI=1S/C7H12ClO.Pd/c1-6(2)3-4-7(9)5-8;/h4,6H,3,5H2,1-2H3;. The first kappa shape index (κ1) is 10.6. The van der Waals surface area contributed by atoms with Crippen LogP contribution >= 0.6 is 11.6 Å². The zero-order chi connectivity index (χ0) is 8.15. The Morgan fingerprint density at radius 3 is 2.40 bits per heavy atom. The van der Waals surface area contributed by atoms with E-state index in [4.69, 9.17) is 11.6 Å². The van der Waals surface area contributed by atoms with E-state index in [1.54, 1.807) is 0 Å². The second kappa shape index (κ2) is 5.30. The molecule has 0 radical (unpaired) electrons. The summed E-state index contributed by atoms with van der Waals surface area (Å²) in [4.78, 5) is 10.9. The molecule has 0 saturated heterocycles. The number of Topliss-reactive ketones (excluding diaryl/α,β-unsaturated/α-hetero) is 1. The average molecular weight is 254 g/mol. The molecular formula is C7H12ClOPd. The third-order valence-electron chi connectivity index (χ3n) is 1.12. The molecule has 0 aliphatic carbocycles. The monoisotopic (exact) mass is 253 g/mol. The molecule has 1 atom stereocenters. The van der Waals surface area contributed by atoms with E-state index in [-0.39, 0.29) is 16.1 Å². The molecule has 0 aromatic heterocycles. The molecule has 63 valence electrons. The molecule has 0 aromatic carbocycles. The Morgan fingerprint density at radius 2 is 2.10 bits per heavy atom. The van der Waals surface area contributed by atoms with Gasteiger partial charge in [-0.05, 0) is 0 Å². The molecule has 0 rings (SSSR count). The van der Waals surface area contributed by atoms with Crippen LogP contribution in [0.4, 0.5) is 0 Å². The predicted molar refractivity (Wildman–Crippen MR) is 38.9 cm³/mol. The van der Waals surface area contributed by atoms with Crippen molar-refractivity contribution < 1.29 is 24.0 Å². The number of halogens is 1. The van der Waals surface area contributed by atoms with Gasteiger partial charge in [-0.25, -0.2) is 0 Å². The fourth-order valence-electron chi connectivity index (χ4n) is 0.595. The number of carbonyl (C=O) groups is 1. The van der Waals surface area contributed by atoms with Gasteiger partial charge in [0.05, 0.1) is 0 Å². The summed E-state index contributed by atoms with van der Waals surface area (Å²) < 4.78 is -0.0134. The Balaban J connectivity index is 3.61. The Bertz CT molecular complexity index is 114. The van der Waals surface area contributed by atoms with Crippen LogP contribution in [-0.4, -0.2) is 11.7 Å². The number of rotatable bonds is 4. The first-order valence-corrected chi connectivity index (χ1v) is 4.70. The minimum atomic E-state index is -0.0134. The third-order valence-corrected chi connectivity index (χ3v) is 2.26. The van der Waals surface area contributed by atoms with E-state index in [0.717, 1.165) is 6.42 Å². The molecule has 0 N–H and O–H groups in total. The molecule has 1 nitrogen and oxygen atoms in total. The summed E-state index contributed by atoms with van der Waals surface area (Å²) in [6, 6.07) is 0. The Kier molecular flexibility index (Phi) is 5.63. The van der Waals surface area contributed by atoms with E-state index >= 15 is 0 Å². The maximum absolute atomic E-state index is 10.9. The molecule has 0 aliphatic heterocycles. The second-order valence-electron chi connectivity index (χ2n) is 2.65.